The zero-order chi connectivity index (χ0) is 17.3. The lowest BCUT2D eigenvalue weighted by Gasteiger charge is -2.37. The van der Waals surface area contributed by atoms with Crippen LogP contribution in [0.5, 0.6) is 0 Å². The maximum atomic E-state index is 12.4. The van der Waals surface area contributed by atoms with Gasteiger partial charge >= 0.3 is 6.09 Å². The molecule has 0 aromatic rings. The second-order valence-electron chi connectivity index (χ2n) is 6.70. The zero-order valence-corrected chi connectivity index (χ0v) is 16.0. The molecule has 6 nitrogen and oxygen atoms in total. The summed E-state index contributed by atoms with van der Waals surface area (Å²) in [5.41, 5.74) is -0.456. The number of piperidine rings is 1. The smallest absolute Gasteiger partial charge is 0.410 e. The van der Waals surface area contributed by atoms with Gasteiger partial charge in [0.05, 0.1) is 6.04 Å². The van der Waals surface area contributed by atoms with Crippen LogP contribution in [0.4, 0.5) is 4.79 Å². The third-order valence-electron chi connectivity index (χ3n) is 3.58. The highest BCUT2D eigenvalue weighted by Gasteiger charge is 2.30. The van der Waals surface area contributed by atoms with Gasteiger partial charge in [-0.2, -0.15) is 11.8 Å². The molecule has 1 aliphatic rings. The van der Waals surface area contributed by atoms with Gasteiger partial charge < -0.3 is 20.3 Å². The summed E-state index contributed by atoms with van der Waals surface area (Å²) in [5.74, 6) is 1.82. The van der Waals surface area contributed by atoms with E-state index in [9.17, 15) is 4.79 Å². The number of amides is 1. The highest BCUT2D eigenvalue weighted by atomic mass is 32.2. The van der Waals surface area contributed by atoms with Crippen molar-refractivity contribution in [3.8, 4) is 0 Å². The molecule has 23 heavy (non-hydrogen) atoms. The maximum absolute atomic E-state index is 12.4. The van der Waals surface area contributed by atoms with Crippen molar-refractivity contribution in [1.29, 1.82) is 0 Å². The van der Waals surface area contributed by atoms with E-state index in [-0.39, 0.29) is 12.1 Å². The summed E-state index contributed by atoms with van der Waals surface area (Å²) in [4.78, 5) is 18.5. The Labute approximate surface area is 144 Å². The highest BCUT2D eigenvalue weighted by molar-refractivity contribution is 7.98. The van der Waals surface area contributed by atoms with E-state index >= 15 is 0 Å². The van der Waals surface area contributed by atoms with Crippen LogP contribution in [-0.4, -0.2) is 67.3 Å². The second-order valence-corrected chi connectivity index (χ2v) is 7.68. The fourth-order valence-electron chi connectivity index (χ4n) is 2.48. The van der Waals surface area contributed by atoms with Gasteiger partial charge in [0.25, 0.3) is 0 Å². The Morgan fingerprint density at radius 3 is 2.70 bits per heavy atom. The highest BCUT2D eigenvalue weighted by Crippen LogP contribution is 2.20. The molecule has 134 valence electrons. The summed E-state index contributed by atoms with van der Waals surface area (Å²) in [6, 6.07) is 0.151. The molecule has 0 aliphatic carbocycles. The Morgan fingerprint density at radius 1 is 1.35 bits per heavy atom. The number of thioether (sulfide) groups is 1. The second kappa shape index (κ2) is 9.90. The van der Waals surface area contributed by atoms with Crippen LogP contribution >= 0.6 is 11.8 Å². The predicted molar refractivity (Wildman–Crippen MR) is 98.3 cm³/mol. The van der Waals surface area contributed by atoms with E-state index in [2.05, 4.69) is 21.9 Å². The predicted octanol–water partition coefficient (Wildman–Crippen LogP) is 2.30. The number of carbonyl (C=O) groups excluding carboxylic acids is 1. The van der Waals surface area contributed by atoms with Gasteiger partial charge in [0.15, 0.2) is 5.96 Å². The van der Waals surface area contributed by atoms with Crippen molar-refractivity contribution in [1.82, 2.24) is 15.5 Å². The summed E-state index contributed by atoms with van der Waals surface area (Å²) in [5, 5.41) is 6.60. The molecular formula is C16H32N4O2S. The molecule has 0 aromatic heterocycles. The van der Waals surface area contributed by atoms with E-state index in [0.717, 1.165) is 44.1 Å². The van der Waals surface area contributed by atoms with Crippen LogP contribution in [0.2, 0.25) is 0 Å². The Kier molecular flexibility index (Phi) is 8.58. The fourth-order valence-corrected chi connectivity index (χ4v) is 2.79. The van der Waals surface area contributed by atoms with E-state index in [0.29, 0.717) is 6.54 Å². The number of aliphatic imine (C=N–C) groups is 1. The Hall–Kier alpha value is -1.11. The van der Waals surface area contributed by atoms with Gasteiger partial charge in [-0.1, -0.05) is 0 Å². The first kappa shape index (κ1) is 19.9. The zero-order valence-electron chi connectivity index (χ0n) is 15.1. The molecule has 1 rings (SSSR count). The molecule has 1 aliphatic heterocycles. The minimum atomic E-state index is -0.456. The number of likely N-dealkylation sites (tertiary alicyclic amines) is 1. The molecule has 7 heteroatoms. The van der Waals surface area contributed by atoms with Crippen molar-refractivity contribution in [2.45, 2.75) is 51.7 Å². The average Bonchev–Trinajstić information content (AvgIpc) is 2.49. The number of hydrogen-bond donors (Lipinski definition) is 2. The SMILES string of the molecule is CN=C(NCCSC)NCC1CCCCN1C(=O)OC(C)(C)C. The topological polar surface area (TPSA) is 66.0 Å². The lowest BCUT2D eigenvalue weighted by atomic mass is 10.0. The van der Waals surface area contributed by atoms with Crippen LogP contribution in [-0.2, 0) is 4.74 Å². The third kappa shape index (κ3) is 7.81. The van der Waals surface area contributed by atoms with E-state index in [1.54, 1.807) is 18.8 Å². The molecule has 0 aromatic carbocycles. The largest absolute Gasteiger partial charge is 0.444 e. The van der Waals surface area contributed by atoms with Crippen LogP contribution in [0.1, 0.15) is 40.0 Å². The van der Waals surface area contributed by atoms with Crippen LogP contribution in [0.3, 0.4) is 0 Å². The molecule has 0 spiro atoms. The Bertz CT molecular complexity index is 396. The van der Waals surface area contributed by atoms with Gasteiger partial charge in [-0.05, 0) is 46.3 Å². The molecule has 1 unspecified atom stereocenters. The summed E-state index contributed by atoms with van der Waals surface area (Å²) in [6.45, 7) is 8.04. The Morgan fingerprint density at radius 2 is 2.09 bits per heavy atom. The molecular weight excluding hydrogens is 312 g/mol. The maximum Gasteiger partial charge on any atom is 0.410 e. The Balaban J connectivity index is 2.52. The van der Waals surface area contributed by atoms with Crippen LogP contribution < -0.4 is 10.6 Å². The molecule has 1 saturated heterocycles. The first-order valence-corrected chi connectivity index (χ1v) is 9.70. The van der Waals surface area contributed by atoms with E-state index in [1.165, 1.54) is 0 Å². The van der Waals surface area contributed by atoms with Gasteiger partial charge in [-0.25, -0.2) is 4.79 Å². The molecule has 1 amide bonds. The average molecular weight is 345 g/mol. The molecule has 0 saturated carbocycles. The van der Waals surface area contributed by atoms with Gasteiger partial charge in [0.1, 0.15) is 5.60 Å². The van der Waals surface area contributed by atoms with E-state index < -0.39 is 5.60 Å². The van der Waals surface area contributed by atoms with E-state index in [1.807, 2.05) is 25.7 Å². The van der Waals surface area contributed by atoms with Gasteiger partial charge in [0.2, 0.25) is 0 Å². The van der Waals surface area contributed by atoms with Crippen molar-refractivity contribution in [2.24, 2.45) is 4.99 Å². The summed E-state index contributed by atoms with van der Waals surface area (Å²) in [6.07, 6.45) is 5.04. The first-order chi connectivity index (χ1) is 10.9. The third-order valence-corrected chi connectivity index (χ3v) is 4.19. The molecule has 1 fully saturated rings. The van der Waals surface area contributed by atoms with Gasteiger partial charge in [0, 0.05) is 32.4 Å². The normalized spacial score (nSPS) is 19.4. The van der Waals surface area contributed by atoms with Crippen molar-refractivity contribution in [3.63, 3.8) is 0 Å². The van der Waals surface area contributed by atoms with Gasteiger partial charge in [-0.15, -0.1) is 0 Å². The number of hydrogen-bond acceptors (Lipinski definition) is 4. The van der Waals surface area contributed by atoms with Crippen molar-refractivity contribution in [2.75, 3.05) is 38.7 Å². The quantitative estimate of drug-likeness (QED) is 0.455. The number of rotatable bonds is 5. The molecule has 1 atom stereocenters. The van der Waals surface area contributed by atoms with Crippen LogP contribution in [0, 0.1) is 0 Å². The van der Waals surface area contributed by atoms with Crippen molar-refractivity contribution >= 4 is 23.8 Å². The van der Waals surface area contributed by atoms with Crippen LogP contribution in [0.15, 0.2) is 4.99 Å². The molecule has 0 radical (unpaired) electrons. The number of nitrogens with zero attached hydrogens (tertiary/aromatic N) is 2. The fraction of sp³-hybridized carbons (Fsp3) is 0.875. The summed E-state index contributed by atoms with van der Waals surface area (Å²) >= 11 is 1.80. The first-order valence-electron chi connectivity index (χ1n) is 8.30. The minimum absolute atomic E-state index is 0.151. The van der Waals surface area contributed by atoms with E-state index in [4.69, 9.17) is 4.74 Å². The molecule has 1 heterocycles. The minimum Gasteiger partial charge on any atom is -0.444 e. The summed E-state index contributed by atoms with van der Waals surface area (Å²) in [7, 11) is 1.76. The molecule has 0 bridgehead atoms. The standard InChI is InChI=1S/C16H32N4O2S/c1-16(2,3)22-15(21)20-10-7-6-8-13(20)12-19-14(17-4)18-9-11-23-5/h13H,6-12H2,1-5H3,(H2,17,18,19). The van der Waals surface area contributed by atoms with Gasteiger partial charge in [-0.3, -0.25) is 4.99 Å². The monoisotopic (exact) mass is 344 g/mol. The lowest BCUT2D eigenvalue weighted by molar-refractivity contribution is 0.0104. The number of nitrogens with one attached hydrogen (secondary N) is 2. The number of ether oxygens (including phenoxy) is 1. The summed E-state index contributed by atoms with van der Waals surface area (Å²) < 4.78 is 5.53. The lowest BCUT2D eigenvalue weighted by Crippen LogP contribution is -2.52. The van der Waals surface area contributed by atoms with Crippen LogP contribution in [0.25, 0.3) is 0 Å². The molecule has 2 N–H and O–H groups in total. The number of carbonyl (C=O) groups is 1. The van der Waals surface area contributed by atoms with Crippen molar-refractivity contribution < 1.29 is 9.53 Å². The van der Waals surface area contributed by atoms with Crippen molar-refractivity contribution in [3.05, 3.63) is 0 Å². The number of guanidine groups is 1.